The number of carbonyl (C=O) groups is 1. The zero-order valence-corrected chi connectivity index (χ0v) is 13.7. The highest BCUT2D eigenvalue weighted by Gasteiger charge is 2.31. The lowest BCUT2D eigenvalue weighted by Crippen LogP contribution is -2.47. The third-order valence-electron chi connectivity index (χ3n) is 1.95. The highest BCUT2D eigenvalue weighted by molar-refractivity contribution is 9.12. The van der Waals surface area contributed by atoms with E-state index >= 15 is 0 Å². The average Bonchev–Trinajstić information content (AvgIpc) is 2.54. The van der Waals surface area contributed by atoms with Gasteiger partial charge in [-0.3, -0.25) is 4.79 Å². The highest BCUT2D eigenvalue weighted by Crippen LogP contribution is 2.34. The van der Waals surface area contributed by atoms with E-state index < -0.39 is 28.1 Å². The molecule has 102 valence electrons. The molecule has 0 radical (unpaired) electrons. The monoisotopic (exact) mass is 421 g/mol. The molecule has 0 bridgehead atoms. The molecule has 1 rings (SSSR count). The predicted octanol–water partition coefficient (Wildman–Crippen LogP) is 1.39. The molecule has 0 aliphatic rings. The van der Waals surface area contributed by atoms with Crippen LogP contribution in [0.2, 0.25) is 0 Å². The van der Waals surface area contributed by atoms with Crippen LogP contribution in [-0.4, -0.2) is 36.7 Å². The van der Waals surface area contributed by atoms with Crippen LogP contribution in [-0.2, 0) is 14.8 Å². The van der Waals surface area contributed by atoms with Crippen molar-refractivity contribution in [2.45, 2.75) is 24.0 Å². The van der Waals surface area contributed by atoms with Crippen LogP contribution in [0.5, 0.6) is 0 Å². The number of carboxylic acids is 1. The van der Waals surface area contributed by atoms with Crippen molar-refractivity contribution in [3.63, 3.8) is 0 Å². The van der Waals surface area contributed by atoms with Crippen LogP contribution >= 0.6 is 43.2 Å². The fourth-order valence-corrected chi connectivity index (χ4v) is 6.17. The SMILES string of the molecule is CC(O)C(NS(=O)(=O)c1cc(Br)sc1Br)C(=O)O. The third kappa shape index (κ3) is 3.75. The Morgan fingerprint density at radius 3 is 2.39 bits per heavy atom. The van der Waals surface area contributed by atoms with Gasteiger partial charge in [-0.1, -0.05) is 0 Å². The van der Waals surface area contributed by atoms with Crippen LogP contribution in [0.1, 0.15) is 6.92 Å². The van der Waals surface area contributed by atoms with E-state index in [1.807, 2.05) is 4.72 Å². The highest BCUT2D eigenvalue weighted by atomic mass is 79.9. The van der Waals surface area contributed by atoms with Crippen molar-refractivity contribution in [3.05, 3.63) is 13.6 Å². The Labute approximate surface area is 124 Å². The maximum absolute atomic E-state index is 12.0. The molecule has 1 aromatic rings. The summed E-state index contributed by atoms with van der Waals surface area (Å²) in [5.41, 5.74) is 0. The van der Waals surface area contributed by atoms with Gasteiger partial charge >= 0.3 is 5.97 Å². The second kappa shape index (κ2) is 5.97. The Morgan fingerprint density at radius 1 is 1.50 bits per heavy atom. The van der Waals surface area contributed by atoms with Crippen molar-refractivity contribution < 1.29 is 23.4 Å². The van der Waals surface area contributed by atoms with Gasteiger partial charge in [0.05, 0.1) is 13.7 Å². The molecule has 0 spiro atoms. The molecule has 0 amide bonds. The Morgan fingerprint density at radius 2 is 2.06 bits per heavy atom. The zero-order chi connectivity index (χ0) is 14.1. The van der Waals surface area contributed by atoms with Crippen molar-refractivity contribution in [2.24, 2.45) is 0 Å². The van der Waals surface area contributed by atoms with E-state index in [0.29, 0.717) is 7.57 Å². The van der Waals surface area contributed by atoms with Gasteiger partial charge in [0.1, 0.15) is 10.9 Å². The number of rotatable bonds is 5. The molecule has 0 fully saturated rings. The van der Waals surface area contributed by atoms with Crippen LogP contribution in [0.25, 0.3) is 0 Å². The minimum Gasteiger partial charge on any atom is -0.480 e. The molecule has 0 aliphatic heterocycles. The maximum atomic E-state index is 12.0. The van der Waals surface area contributed by atoms with Gasteiger partial charge in [0.15, 0.2) is 0 Å². The summed E-state index contributed by atoms with van der Waals surface area (Å²) in [5, 5.41) is 18.1. The molecule has 10 heteroatoms. The van der Waals surface area contributed by atoms with Crippen molar-refractivity contribution in [3.8, 4) is 0 Å². The minimum atomic E-state index is -4.02. The van der Waals surface area contributed by atoms with Crippen LogP contribution < -0.4 is 4.72 Å². The molecule has 0 aromatic carbocycles. The number of aliphatic hydroxyl groups excluding tert-OH is 1. The molecule has 2 unspecified atom stereocenters. The maximum Gasteiger partial charge on any atom is 0.324 e. The lowest BCUT2D eigenvalue weighted by Gasteiger charge is -2.16. The first kappa shape index (κ1) is 16.1. The van der Waals surface area contributed by atoms with Crippen molar-refractivity contribution in [1.29, 1.82) is 0 Å². The van der Waals surface area contributed by atoms with Crippen LogP contribution in [0.3, 0.4) is 0 Å². The summed E-state index contributed by atoms with van der Waals surface area (Å²) in [5.74, 6) is -1.45. The minimum absolute atomic E-state index is 0.0775. The lowest BCUT2D eigenvalue weighted by molar-refractivity contribution is -0.141. The summed E-state index contributed by atoms with van der Waals surface area (Å²) in [7, 11) is -4.02. The van der Waals surface area contributed by atoms with Crippen molar-refractivity contribution in [1.82, 2.24) is 4.72 Å². The van der Waals surface area contributed by atoms with Gasteiger partial charge in [0.25, 0.3) is 0 Å². The first-order valence-electron chi connectivity index (χ1n) is 4.53. The second-order valence-corrected chi connectivity index (χ2v) is 8.80. The topological polar surface area (TPSA) is 104 Å². The zero-order valence-electron chi connectivity index (χ0n) is 8.92. The number of halogens is 2. The molecule has 3 N–H and O–H groups in total. The summed E-state index contributed by atoms with van der Waals surface area (Å²) < 4.78 is 26.8. The molecular weight excluding hydrogens is 414 g/mol. The second-order valence-electron chi connectivity index (χ2n) is 3.37. The number of aliphatic hydroxyl groups is 1. The van der Waals surface area contributed by atoms with Crippen LogP contribution in [0.4, 0.5) is 0 Å². The quantitative estimate of drug-likeness (QED) is 0.665. The van der Waals surface area contributed by atoms with E-state index in [1.54, 1.807) is 0 Å². The van der Waals surface area contributed by atoms with Crippen molar-refractivity contribution >= 4 is 59.2 Å². The summed E-state index contributed by atoms with van der Waals surface area (Å²) >= 11 is 7.35. The number of carboxylic acid groups (broad SMARTS) is 1. The Kier molecular flexibility index (Phi) is 5.32. The Balaban J connectivity index is 3.08. The molecule has 0 saturated carbocycles. The number of nitrogens with one attached hydrogen (secondary N) is 1. The van der Waals surface area contributed by atoms with Crippen LogP contribution in [0.15, 0.2) is 18.5 Å². The molecule has 1 heterocycles. The van der Waals surface area contributed by atoms with E-state index in [9.17, 15) is 18.3 Å². The van der Waals surface area contributed by atoms with Crippen molar-refractivity contribution in [2.75, 3.05) is 0 Å². The Hall–Kier alpha value is -0.000000000000000111. The Bertz CT molecular complexity index is 554. The van der Waals surface area contributed by atoms with E-state index in [-0.39, 0.29) is 4.90 Å². The summed E-state index contributed by atoms with van der Waals surface area (Å²) in [6.45, 7) is 1.19. The third-order valence-corrected chi connectivity index (χ3v) is 6.14. The van der Waals surface area contributed by atoms with Gasteiger partial charge in [0, 0.05) is 0 Å². The number of hydrogen-bond acceptors (Lipinski definition) is 5. The standard InChI is InChI=1S/C8H9Br2NO5S2/c1-3(12)6(8(13)14)11-18(15,16)4-2-5(9)17-7(4)10/h2-3,6,11-12H,1H3,(H,13,14). The average molecular weight is 423 g/mol. The van der Waals surface area contributed by atoms with E-state index in [4.69, 9.17) is 5.11 Å². The summed E-state index contributed by atoms with van der Waals surface area (Å²) in [6, 6.07) is -0.251. The fourth-order valence-electron chi connectivity index (χ4n) is 1.09. The lowest BCUT2D eigenvalue weighted by atomic mass is 10.2. The number of sulfonamides is 1. The molecule has 0 saturated heterocycles. The van der Waals surface area contributed by atoms with Gasteiger partial charge in [-0.15, -0.1) is 11.3 Å². The van der Waals surface area contributed by atoms with Gasteiger partial charge in [-0.25, -0.2) is 8.42 Å². The summed E-state index contributed by atoms with van der Waals surface area (Å²) in [6.07, 6.45) is -1.35. The largest absolute Gasteiger partial charge is 0.480 e. The van der Waals surface area contributed by atoms with E-state index in [1.165, 1.54) is 13.0 Å². The van der Waals surface area contributed by atoms with Gasteiger partial charge in [-0.05, 0) is 44.8 Å². The molecule has 1 aromatic heterocycles. The molecule has 6 nitrogen and oxygen atoms in total. The number of hydrogen-bond donors (Lipinski definition) is 3. The predicted molar refractivity (Wildman–Crippen MR) is 73.1 cm³/mol. The van der Waals surface area contributed by atoms with Gasteiger partial charge < -0.3 is 10.2 Å². The number of aliphatic carboxylic acids is 1. The first-order valence-corrected chi connectivity index (χ1v) is 8.41. The van der Waals surface area contributed by atoms with Crippen LogP contribution in [0, 0.1) is 0 Å². The normalized spacial score (nSPS) is 15.3. The van der Waals surface area contributed by atoms with E-state index in [0.717, 1.165) is 11.3 Å². The molecule has 0 aliphatic carbocycles. The molecule has 18 heavy (non-hydrogen) atoms. The fraction of sp³-hybridized carbons (Fsp3) is 0.375. The first-order chi connectivity index (χ1) is 8.15. The smallest absolute Gasteiger partial charge is 0.324 e. The van der Waals surface area contributed by atoms with Gasteiger partial charge in [-0.2, -0.15) is 4.72 Å². The van der Waals surface area contributed by atoms with E-state index in [2.05, 4.69) is 31.9 Å². The molecule has 2 atom stereocenters. The summed E-state index contributed by atoms with van der Waals surface area (Å²) in [4.78, 5) is 10.8. The van der Waals surface area contributed by atoms with Gasteiger partial charge in [0.2, 0.25) is 10.0 Å². The molecular formula is C8H9Br2NO5S2. The number of thiophene rings is 1.